The quantitative estimate of drug-likeness (QED) is 0.829. The van der Waals surface area contributed by atoms with Gasteiger partial charge in [0.2, 0.25) is 11.8 Å². The lowest BCUT2D eigenvalue weighted by molar-refractivity contribution is -0.140. The monoisotopic (exact) mass is 368 g/mol. The summed E-state index contributed by atoms with van der Waals surface area (Å²) in [6.07, 6.45) is 3.80. The zero-order valence-electron chi connectivity index (χ0n) is 16.2. The van der Waals surface area contributed by atoms with Crippen LogP contribution < -0.4 is 4.90 Å². The molecule has 0 N–H and O–H groups in total. The number of carbonyl (C=O) groups is 1. The van der Waals surface area contributed by atoms with Crippen LogP contribution >= 0.6 is 0 Å². The summed E-state index contributed by atoms with van der Waals surface area (Å²) in [5.74, 6) is 1.65. The normalized spacial score (nSPS) is 22.4. The van der Waals surface area contributed by atoms with Crippen LogP contribution in [0.1, 0.15) is 50.5 Å². The van der Waals surface area contributed by atoms with Crippen molar-refractivity contribution in [1.29, 1.82) is 0 Å². The first-order chi connectivity index (χ1) is 13.1. The maximum Gasteiger partial charge on any atom is 0.266 e. The fourth-order valence-electron chi connectivity index (χ4n) is 4.56. The van der Waals surface area contributed by atoms with Gasteiger partial charge in [-0.25, -0.2) is 0 Å². The predicted molar refractivity (Wildman–Crippen MR) is 104 cm³/mol. The first kappa shape index (κ1) is 18.0. The summed E-state index contributed by atoms with van der Waals surface area (Å²) in [4.78, 5) is 21.7. The molecule has 1 amide bonds. The molecule has 1 spiro atoms. The molecule has 1 aromatic heterocycles. The molecule has 0 aliphatic carbocycles. The molecular formula is C21H28N4O2. The standard InChI is InChI=1S/C21H28N4O2/c1-3-18-22-20(23-27-18)25-12-10-21(11-13-25)14-17(16-8-6-5-7-9-16)19(26)24(4-2)15-21/h5-9,17H,3-4,10-15H2,1-2H3. The fourth-order valence-corrected chi connectivity index (χ4v) is 4.56. The third-order valence-corrected chi connectivity index (χ3v) is 6.22. The predicted octanol–water partition coefficient (Wildman–Crippen LogP) is 3.25. The van der Waals surface area contributed by atoms with E-state index >= 15 is 0 Å². The molecule has 1 unspecified atom stereocenters. The van der Waals surface area contributed by atoms with Gasteiger partial charge in [0.1, 0.15) is 0 Å². The van der Waals surface area contributed by atoms with E-state index in [0.29, 0.717) is 11.8 Å². The molecule has 0 radical (unpaired) electrons. The van der Waals surface area contributed by atoms with Crippen LogP contribution in [0.5, 0.6) is 0 Å². The lowest BCUT2D eigenvalue weighted by atomic mass is 9.67. The topological polar surface area (TPSA) is 62.5 Å². The molecule has 3 heterocycles. The van der Waals surface area contributed by atoms with Gasteiger partial charge in [-0.05, 0) is 42.3 Å². The summed E-state index contributed by atoms with van der Waals surface area (Å²) in [5.41, 5.74) is 1.33. The Morgan fingerprint density at radius 1 is 1.19 bits per heavy atom. The highest BCUT2D eigenvalue weighted by Crippen LogP contribution is 2.45. The first-order valence-electron chi connectivity index (χ1n) is 10.1. The molecule has 1 atom stereocenters. The third-order valence-electron chi connectivity index (χ3n) is 6.22. The number of aryl methyl sites for hydroxylation is 1. The van der Waals surface area contributed by atoms with Gasteiger partial charge in [0.15, 0.2) is 0 Å². The zero-order chi connectivity index (χ0) is 18.9. The largest absolute Gasteiger partial charge is 0.342 e. The molecule has 144 valence electrons. The Balaban J connectivity index is 1.51. The van der Waals surface area contributed by atoms with Crippen molar-refractivity contribution >= 4 is 11.9 Å². The van der Waals surface area contributed by atoms with Gasteiger partial charge in [0.25, 0.3) is 5.95 Å². The summed E-state index contributed by atoms with van der Waals surface area (Å²) in [6.45, 7) is 7.57. The van der Waals surface area contributed by atoms with E-state index in [1.165, 1.54) is 0 Å². The van der Waals surface area contributed by atoms with Crippen LogP contribution in [0.2, 0.25) is 0 Å². The second-order valence-corrected chi connectivity index (χ2v) is 7.85. The van der Waals surface area contributed by atoms with E-state index in [1.807, 2.05) is 25.1 Å². The number of carbonyl (C=O) groups excluding carboxylic acids is 1. The van der Waals surface area contributed by atoms with Gasteiger partial charge >= 0.3 is 0 Å². The van der Waals surface area contributed by atoms with E-state index in [9.17, 15) is 4.79 Å². The van der Waals surface area contributed by atoms with Crippen molar-refractivity contribution in [2.45, 2.75) is 45.4 Å². The number of hydrogen-bond donors (Lipinski definition) is 0. The van der Waals surface area contributed by atoms with E-state index in [0.717, 1.165) is 57.4 Å². The van der Waals surface area contributed by atoms with Gasteiger partial charge in [-0.15, -0.1) is 0 Å². The Labute approximate surface area is 160 Å². The van der Waals surface area contributed by atoms with E-state index in [2.05, 4.69) is 39.0 Å². The molecule has 2 aromatic rings. The van der Waals surface area contributed by atoms with Crippen molar-refractivity contribution in [1.82, 2.24) is 15.0 Å². The molecule has 27 heavy (non-hydrogen) atoms. The molecule has 2 fully saturated rings. The van der Waals surface area contributed by atoms with Crippen molar-refractivity contribution in [2.75, 3.05) is 31.1 Å². The van der Waals surface area contributed by atoms with Crippen LogP contribution in [0.3, 0.4) is 0 Å². The highest BCUT2D eigenvalue weighted by Gasteiger charge is 2.46. The minimum absolute atomic E-state index is 0.0247. The van der Waals surface area contributed by atoms with Crippen molar-refractivity contribution in [2.24, 2.45) is 5.41 Å². The lowest BCUT2D eigenvalue weighted by Gasteiger charge is -2.49. The van der Waals surface area contributed by atoms with Gasteiger partial charge < -0.3 is 14.3 Å². The number of aromatic nitrogens is 2. The second kappa shape index (κ2) is 7.33. The van der Waals surface area contributed by atoms with E-state index in [-0.39, 0.29) is 17.2 Å². The summed E-state index contributed by atoms with van der Waals surface area (Å²) in [5, 5.41) is 4.13. The highest BCUT2D eigenvalue weighted by molar-refractivity contribution is 5.84. The number of rotatable bonds is 4. The molecule has 6 nitrogen and oxygen atoms in total. The van der Waals surface area contributed by atoms with Crippen LogP contribution in [0.15, 0.2) is 34.9 Å². The molecule has 0 bridgehead atoms. The smallest absolute Gasteiger partial charge is 0.266 e. The molecular weight excluding hydrogens is 340 g/mol. The molecule has 2 aliphatic rings. The van der Waals surface area contributed by atoms with E-state index < -0.39 is 0 Å². The molecule has 2 aliphatic heterocycles. The fraction of sp³-hybridized carbons (Fsp3) is 0.571. The van der Waals surface area contributed by atoms with Crippen molar-refractivity contribution < 1.29 is 9.32 Å². The molecule has 2 saturated heterocycles. The average Bonchev–Trinajstić information content (AvgIpc) is 3.20. The minimum atomic E-state index is -0.0247. The number of piperidine rings is 2. The van der Waals surface area contributed by atoms with Gasteiger partial charge in [-0.2, -0.15) is 4.98 Å². The summed E-state index contributed by atoms with van der Waals surface area (Å²) < 4.78 is 5.27. The van der Waals surface area contributed by atoms with Crippen LogP contribution in [0.25, 0.3) is 0 Å². The van der Waals surface area contributed by atoms with E-state index in [4.69, 9.17) is 4.52 Å². The Hall–Kier alpha value is -2.37. The molecule has 0 saturated carbocycles. The lowest BCUT2D eigenvalue weighted by Crippen LogP contribution is -2.54. The number of nitrogens with zero attached hydrogens (tertiary/aromatic N) is 4. The number of anilines is 1. The minimum Gasteiger partial charge on any atom is -0.342 e. The number of likely N-dealkylation sites (N-methyl/N-ethyl adjacent to an activating group) is 1. The van der Waals surface area contributed by atoms with Gasteiger partial charge in [-0.3, -0.25) is 4.79 Å². The summed E-state index contributed by atoms with van der Waals surface area (Å²) in [7, 11) is 0. The average molecular weight is 368 g/mol. The maximum absolute atomic E-state index is 13.0. The third kappa shape index (κ3) is 3.45. The Morgan fingerprint density at radius 2 is 1.93 bits per heavy atom. The van der Waals surface area contributed by atoms with Crippen LogP contribution in [-0.2, 0) is 11.2 Å². The SMILES string of the molecule is CCc1nc(N2CCC3(CC2)CC(c2ccccc2)C(=O)N(CC)C3)no1. The van der Waals surface area contributed by atoms with E-state index in [1.54, 1.807) is 0 Å². The first-order valence-corrected chi connectivity index (χ1v) is 10.1. The van der Waals surface area contributed by atoms with Crippen LogP contribution in [-0.4, -0.2) is 47.1 Å². The number of likely N-dealkylation sites (tertiary alicyclic amines) is 1. The van der Waals surface area contributed by atoms with Gasteiger partial charge in [0.05, 0.1) is 5.92 Å². The number of amides is 1. The Morgan fingerprint density at radius 3 is 2.56 bits per heavy atom. The number of benzene rings is 1. The highest BCUT2D eigenvalue weighted by atomic mass is 16.5. The maximum atomic E-state index is 13.0. The van der Waals surface area contributed by atoms with Crippen molar-refractivity contribution in [3.63, 3.8) is 0 Å². The summed E-state index contributed by atoms with van der Waals surface area (Å²) >= 11 is 0. The van der Waals surface area contributed by atoms with Crippen molar-refractivity contribution in [3.8, 4) is 0 Å². The number of hydrogen-bond acceptors (Lipinski definition) is 5. The second-order valence-electron chi connectivity index (χ2n) is 7.85. The van der Waals surface area contributed by atoms with Crippen LogP contribution in [0, 0.1) is 5.41 Å². The van der Waals surface area contributed by atoms with Gasteiger partial charge in [-0.1, -0.05) is 37.3 Å². The summed E-state index contributed by atoms with van der Waals surface area (Å²) in [6, 6.07) is 10.3. The molecule has 6 heteroatoms. The Kier molecular flexibility index (Phi) is 4.89. The zero-order valence-corrected chi connectivity index (χ0v) is 16.2. The Bertz CT molecular complexity index is 780. The van der Waals surface area contributed by atoms with Crippen LogP contribution in [0.4, 0.5) is 5.95 Å². The van der Waals surface area contributed by atoms with Gasteiger partial charge in [0, 0.05) is 32.6 Å². The molecule has 1 aromatic carbocycles. The van der Waals surface area contributed by atoms with Crippen molar-refractivity contribution in [3.05, 3.63) is 41.8 Å². The molecule has 4 rings (SSSR count).